The summed E-state index contributed by atoms with van der Waals surface area (Å²) in [6.07, 6.45) is 4.06. The molecule has 2 aromatic rings. The van der Waals surface area contributed by atoms with E-state index in [1.165, 1.54) is 41.6 Å². The molecule has 3 heteroatoms. The summed E-state index contributed by atoms with van der Waals surface area (Å²) in [6, 6.07) is 12.4. The average molecular weight is 347 g/mol. The molecule has 2 aromatic carbocycles. The predicted molar refractivity (Wildman–Crippen MR) is 103 cm³/mol. The van der Waals surface area contributed by atoms with Gasteiger partial charge in [-0.25, -0.2) is 4.79 Å². The largest absolute Gasteiger partial charge is 0.478 e. The summed E-state index contributed by atoms with van der Waals surface area (Å²) in [5.41, 5.74) is 7.16. The Morgan fingerprint density at radius 2 is 1.81 bits per heavy atom. The molecule has 0 spiro atoms. The van der Waals surface area contributed by atoms with Gasteiger partial charge in [0.1, 0.15) is 0 Å². The molecule has 5 atom stereocenters. The molecule has 2 fully saturated rings. The van der Waals surface area contributed by atoms with Crippen molar-refractivity contribution in [3.8, 4) is 0 Å². The van der Waals surface area contributed by atoms with Crippen molar-refractivity contribution in [2.45, 2.75) is 45.1 Å². The van der Waals surface area contributed by atoms with Crippen LogP contribution in [0.25, 0.3) is 0 Å². The Kier molecular flexibility index (Phi) is 3.43. The first-order chi connectivity index (χ1) is 12.5. The fourth-order valence-corrected chi connectivity index (χ4v) is 6.19. The van der Waals surface area contributed by atoms with Crippen LogP contribution >= 0.6 is 0 Å². The molecule has 0 saturated heterocycles. The first kappa shape index (κ1) is 15.9. The Morgan fingerprint density at radius 3 is 2.54 bits per heavy atom. The highest BCUT2D eigenvalue weighted by atomic mass is 16.4. The minimum atomic E-state index is -0.859. The molecule has 5 rings (SSSR count). The number of carboxylic acid groups (broad SMARTS) is 1. The summed E-state index contributed by atoms with van der Waals surface area (Å²) in [6.45, 7) is 4.43. The van der Waals surface area contributed by atoms with Gasteiger partial charge < -0.3 is 10.4 Å². The average Bonchev–Trinajstić information content (AvgIpc) is 3.22. The standard InChI is InChI=1S/C23H25NO2/c1-12-9-13(2)19-18(10-12)24-22(14-3-5-15(6-4-14)23(25)26)21-17-8-7-16(11-17)20(19)21/h3-6,9-10,16-17,20-22,24H,7-8,11H2,1-2H3,(H,25,26)/t16-,17-,20-,21+,22+/m0/s1. The summed E-state index contributed by atoms with van der Waals surface area (Å²) in [4.78, 5) is 11.2. The van der Waals surface area contributed by atoms with Crippen LogP contribution in [0.2, 0.25) is 0 Å². The Labute approximate surface area is 154 Å². The molecule has 0 aromatic heterocycles. The van der Waals surface area contributed by atoms with Gasteiger partial charge in [-0.3, -0.25) is 0 Å². The van der Waals surface area contributed by atoms with Gasteiger partial charge in [-0.05, 0) is 97.2 Å². The summed E-state index contributed by atoms with van der Waals surface area (Å²) >= 11 is 0. The fraction of sp³-hybridized carbons (Fsp3) is 0.435. The maximum Gasteiger partial charge on any atom is 0.335 e. The molecule has 3 aliphatic rings. The van der Waals surface area contributed by atoms with E-state index in [4.69, 9.17) is 0 Å². The molecule has 26 heavy (non-hydrogen) atoms. The molecular weight excluding hydrogens is 322 g/mol. The Bertz CT molecular complexity index is 886. The van der Waals surface area contributed by atoms with Gasteiger partial charge in [0.05, 0.1) is 11.6 Å². The summed E-state index contributed by atoms with van der Waals surface area (Å²) < 4.78 is 0. The van der Waals surface area contributed by atoms with Crippen molar-refractivity contribution in [3.63, 3.8) is 0 Å². The maximum absolute atomic E-state index is 11.2. The Balaban J connectivity index is 1.61. The van der Waals surface area contributed by atoms with E-state index >= 15 is 0 Å². The number of aryl methyl sites for hydroxylation is 2. The van der Waals surface area contributed by atoms with Crippen molar-refractivity contribution >= 4 is 11.7 Å². The molecule has 1 heterocycles. The van der Waals surface area contributed by atoms with Crippen LogP contribution in [0.5, 0.6) is 0 Å². The summed E-state index contributed by atoms with van der Waals surface area (Å²) in [5, 5.41) is 13.1. The lowest BCUT2D eigenvalue weighted by Crippen LogP contribution is -2.36. The maximum atomic E-state index is 11.2. The van der Waals surface area contributed by atoms with Gasteiger partial charge in [0.25, 0.3) is 0 Å². The van der Waals surface area contributed by atoms with Crippen LogP contribution in [0.15, 0.2) is 36.4 Å². The molecule has 2 N–H and O–H groups in total. The lowest BCUT2D eigenvalue weighted by atomic mass is 9.67. The third kappa shape index (κ3) is 2.22. The molecule has 2 bridgehead atoms. The highest BCUT2D eigenvalue weighted by Crippen LogP contribution is 2.64. The van der Waals surface area contributed by atoms with E-state index in [1.807, 2.05) is 12.1 Å². The number of rotatable bonds is 2. The molecule has 1 aliphatic heterocycles. The second-order valence-corrected chi connectivity index (χ2v) is 8.53. The number of benzene rings is 2. The fourth-order valence-electron chi connectivity index (χ4n) is 6.19. The predicted octanol–water partition coefficient (Wildman–Crippen LogP) is 5.30. The van der Waals surface area contributed by atoms with Crippen LogP contribution in [0, 0.1) is 31.6 Å². The van der Waals surface area contributed by atoms with Crippen LogP contribution in [0.1, 0.15) is 63.8 Å². The van der Waals surface area contributed by atoms with Crippen molar-refractivity contribution in [2.75, 3.05) is 5.32 Å². The van der Waals surface area contributed by atoms with Crippen molar-refractivity contribution in [1.29, 1.82) is 0 Å². The molecule has 3 nitrogen and oxygen atoms in total. The quantitative estimate of drug-likeness (QED) is 0.775. The van der Waals surface area contributed by atoms with Gasteiger partial charge in [0.2, 0.25) is 0 Å². The highest BCUT2D eigenvalue weighted by Gasteiger charge is 2.54. The minimum Gasteiger partial charge on any atom is -0.478 e. The molecule has 0 radical (unpaired) electrons. The van der Waals surface area contributed by atoms with Gasteiger partial charge >= 0.3 is 5.97 Å². The van der Waals surface area contributed by atoms with Crippen LogP contribution in [-0.2, 0) is 0 Å². The normalized spacial score (nSPS) is 31.2. The third-order valence-electron chi connectivity index (χ3n) is 7.06. The Morgan fingerprint density at radius 1 is 1.08 bits per heavy atom. The SMILES string of the molecule is Cc1cc(C)c2c(c1)N[C@H](c1ccc(C(=O)O)cc1)[C@@H]1[C@H]3CC[C@@H](C3)[C@@H]21. The topological polar surface area (TPSA) is 49.3 Å². The number of anilines is 1. The van der Waals surface area contributed by atoms with E-state index in [0.717, 1.165) is 11.8 Å². The number of carboxylic acids is 1. The van der Waals surface area contributed by atoms with Crippen LogP contribution in [-0.4, -0.2) is 11.1 Å². The summed E-state index contributed by atoms with van der Waals surface area (Å²) in [7, 11) is 0. The smallest absolute Gasteiger partial charge is 0.335 e. The summed E-state index contributed by atoms with van der Waals surface area (Å²) in [5.74, 6) is 2.01. The number of hydrogen-bond donors (Lipinski definition) is 2. The number of fused-ring (bicyclic) bond motifs is 7. The third-order valence-corrected chi connectivity index (χ3v) is 7.06. The molecular formula is C23H25NO2. The van der Waals surface area contributed by atoms with Gasteiger partial charge in [-0.2, -0.15) is 0 Å². The van der Waals surface area contributed by atoms with Crippen LogP contribution in [0.3, 0.4) is 0 Å². The van der Waals surface area contributed by atoms with E-state index in [9.17, 15) is 9.90 Å². The van der Waals surface area contributed by atoms with E-state index in [-0.39, 0.29) is 6.04 Å². The van der Waals surface area contributed by atoms with Crippen molar-refractivity contribution in [3.05, 3.63) is 64.2 Å². The zero-order chi connectivity index (χ0) is 18.0. The van der Waals surface area contributed by atoms with Crippen LogP contribution < -0.4 is 5.32 Å². The lowest BCUT2D eigenvalue weighted by molar-refractivity contribution is 0.0697. The monoisotopic (exact) mass is 347 g/mol. The van der Waals surface area contributed by atoms with Crippen molar-refractivity contribution in [1.82, 2.24) is 0 Å². The number of aromatic carboxylic acids is 1. The lowest BCUT2D eigenvalue weighted by Gasteiger charge is -2.44. The second-order valence-electron chi connectivity index (χ2n) is 8.53. The number of hydrogen-bond acceptors (Lipinski definition) is 2. The van der Waals surface area contributed by atoms with Crippen LogP contribution in [0.4, 0.5) is 5.69 Å². The first-order valence-electron chi connectivity index (χ1n) is 9.74. The van der Waals surface area contributed by atoms with E-state index < -0.39 is 5.97 Å². The molecule has 0 unspecified atom stereocenters. The van der Waals surface area contributed by atoms with E-state index in [0.29, 0.717) is 17.4 Å². The van der Waals surface area contributed by atoms with Crippen molar-refractivity contribution < 1.29 is 9.90 Å². The van der Waals surface area contributed by atoms with Gasteiger partial charge in [0, 0.05) is 5.69 Å². The van der Waals surface area contributed by atoms with Gasteiger partial charge in [-0.15, -0.1) is 0 Å². The van der Waals surface area contributed by atoms with Gasteiger partial charge in [0.15, 0.2) is 0 Å². The highest BCUT2D eigenvalue weighted by molar-refractivity contribution is 5.87. The van der Waals surface area contributed by atoms with E-state index in [2.05, 4.69) is 31.3 Å². The second kappa shape index (κ2) is 5.60. The van der Waals surface area contributed by atoms with E-state index in [1.54, 1.807) is 17.7 Å². The Hall–Kier alpha value is -2.29. The first-order valence-corrected chi connectivity index (χ1v) is 9.74. The number of nitrogens with one attached hydrogen (secondary N) is 1. The number of carbonyl (C=O) groups is 1. The molecule has 134 valence electrons. The molecule has 0 amide bonds. The minimum absolute atomic E-state index is 0.284. The van der Waals surface area contributed by atoms with Gasteiger partial charge in [-0.1, -0.05) is 18.2 Å². The zero-order valence-electron chi connectivity index (χ0n) is 15.3. The zero-order valence-corrected chi connectivity index (χ0v) is 15.3. The molecule has 2 aliphatic carbocycles. The van der Waals surface area contributed by atoms with Crippen molar-refractivity contribution in [2.24, 2.45) is 17.8 Å². The molecule has 2 saturated carbocycles.